The Balaban J connectivity index is 1.92. The van der Waals surface area contributed by atoms with Gasteiger partial charge in [0, 0.05) is 18.0 Å². The van der Waals surface area contributed by atoms with Gasteiger partial charge in [-0.1, -0.05) is 24.3 Å². The van der Waals surface area contributed by atoms with Crippen molar-refractivity contribution in [2.75, 3.05) is 6.61 Å². The lowest BCUT2D eigenvalue weighted by atomic mass is 9.81. The van der Waals surface area contributed by atoms with Crippen molar-refractivity contribution >= 4 is 28.7 Å². The SMILES string of the molecule is CCOC(=O)C1=CC[C@H]2c3c(c4ccccc4n3C)C(=O)[C@@H]1N2C(=O)OC(C)(C)C. The van der Waals surface area contributed by atoms with E-state index in [-0.39, 0.29) is 18.0 Å². The van der Waals surface area contributed by atoms with Gasteiger partial charge in [0.05, 0.1) is 29.5 Å². The summed E-state index contributed by atoms with van der Waals surface area (Å²) in [6.45, 7) is 7.22. The van der Waals surface area contributed by atoms with Gasteiger partial charge in [0.25, 0.3) is 0 Å². The number of amides is 1. The molecule has 2 bridgehead atoms. The topological polar surface area (TPSA) is 77.8 Å². The highest BCUT2D eigenvalue weighted by Crippen LogP contribution is 2.45. The Morgan fingerprint density at radius 3 is 2.57 bits per heavy atom. The zero-order valence-corrected chi connectivity index (χ0v) is 17.9. The highest BCUT2D eigenvalue weighted by Gasteiger charge is 2.51. The number of hydrogen-bond donors (Lipinski definition) is 0. The number of benzene rings is 1. The fourth-order valence-corrected chi connectivity index (χ4v) is 4.46. The van der Waals surface area contributed by atoms with E-state index < -0.39 is 29.7 Å². The number of nitrogens with zero attached hydrogens (tertiary/aromatic N) is 2. The molecule has 0 saturated heterocycles. The fourth-order valence-electron chi connectivity index (χ4n) is 4.46. The smallest absolute Gasteiger partial charge is 0.411 e. The molecular formula is C23H26N2O5. The van der Waals surface area contributed by atoms with E-state index in [1.165, 1.54) is 4.90 Å². The number of carbonyl (C=O) groups is 3. The molecule has 158 valence electrons. The number of Topliss-reactive ketones (excluding diaryl/α,β-unsaturated/α-hetero) is 1. The van der Waals surface area contributed by atoms with Crippen LogP contribution in [0.4, 0.5) is 4.79 Å². The summed E-state index contributed by atoms with van der Waals surface area (Å²) in [5, 5.41) is 0.823. The van der Waals surface area contributed by atoms with E-state index in [0.29, 0.717) is 12.0 Å². The zero-order chi connectivity index (χ0) is 21.8. The summed E-state index contributed by atoms with van der Waals surface area (Å²) in [5.41, 5.74) is 1.70. The summed E-state index contributed by atoms with van der Waals surface area (Å²) in [6, 6.07) is 6.18. The van der Waals surface area contributed by atoms with Crippen LogP contribution < -0.4 is 0 Å². The lowest BCUT2D eigenvalue weighted by Crippen LogP contribution is -2.56. The molecule has 0 saturated carbocycles. The van der Waals surface area contributed by atoms with E-state index >= 15 is 0 Å². The molecule has 0 aliphatic carbocycles. The van der Waals surface area contributed by atoms with E-state index in [9.17, 15) is 14.4 Å². The van der Waals surface area contributed by atoms with Crippen LogP contribution in [0.2, 0.25) is 0 Å². The van der Waals surface area contributed by atoms with Gasteiger partial charge in [-0.25, -0.2) is 9.59 Å². The second-order valence-corrected chi connectivity index (χ2v) is 8.62. The van der Waals surface area contributed by atoms with Gasteiger partial charge in [0.1, 0.15) is 11.6 Å². The molecule has 0 N–H and O–H groups in total. The van der Waals surface area contributed by atoms with Crippen molar-refractivity contribution < 1.29 is 23.9 Å². The molecule has 30 heavy (non-hydrogen) atoms. The number of rotatable bonds is 2. The first-order chi connectivity index (χ1) is 14.2. The van der Waals surface area contributed by atoms with E-state index in [1.54, 1.807) is 33.8 Å². The number of hydrogen-bond acceptors (Lipinski definition) is 5. The maximum absolute atomic E-state index is 13.7. The number of carbonyl (C=O) groups excluding carboxylic acids is 3. The lowest BCUT2D eigenvalue weighted by molar-refractivity contribution is -0.139. The van der Waals surface area contributed by atoms with Gasteiger partial charge in [-0.2, -0.15) is 0 Å². The molecule has 1 amide bonds. The lowest BCUT2D eigenvalue weighted by Gasteiger charge is -2.44. The van der Waals surface area contributed by atoms with Crippen LogP contribution in [0, 0.1) is 0 Å². The molecule has 0 radical (unpaired) electrons. The van der Waals surface area contributed by atoms with Gasteiger partial charge in [-0.3, -0.25) is 9.69 Å². The van der Waals surface area contributed by atoms with E-state index in [2.05, 4.69) is 0 Å². The third-order valence-corrected chi connectivity index (χ3v) is 5.55. The largest absolute Gasteiger partial charge is 0.463 e. The second kappa shape index (κ2) is 7.00. The van der Waals surface area contributed by atoms with E-state index in [4.69, 9.17) is 9.47 Å². The summed E-state index contributed by atoms with van der Waals surface area (Å²) < 4.78 is 12.8. The summed E-state index contributed by atoms with van der Waals surface area (Å²) >= 11 is 0. The van der Waals surface area contributed by atoms with Crippen LogP contribution in [-0.4, -0.2) is 45.6 Å². The first-order valence-corrected chi connectivity index (χ1v) is 10.2. The van der Waals surface area contributed by atoms with Gasteiger partial charge in [0.15, 0.2) is 5.78 Å². The van der Waals surface area contributed by atoms with Crippen LogP contribution in [-0.2, 0) is 21.3 Å². The molecule has 2 aliphatic rings. The average Bonchev–Trinajstić information content (AvgIpc) is 2.97. The van der Waals surface area contributed by atoms with Gasteiger partial charge in [0.2, 0.25) is 0 Å². The number of para-hydroxylation sites is 1. The Labute approximate surface area is 175 Å². The van der Waals surface area contributed by atoms with Crippen LogP contribution in [0.3, 0.4) is 0 Å². The standard InChI is InChI=1S/C23H26N2O5/c1-6-29-21(27)14-11-12-16-19-17(13-9-7-8-10-15(13)24(19)5)20(26)18(14)25(16)22(28)30-23(2,3)4/h7-11,16,18H,6,12H2,1-5H3/t16-,18+/m0/s1. The third kappa shape index (κ3) is 3.00. The van der Waals surface area contributed by atoms with Crippen LogP contribution >= 0.6 is 0 Å². The van der Waals surface area contributed by atoms with Gasteiger partial charge >= 0.3 is 12.1 Å². The Kier molecular flexibility index (Phi) is 4.71. The molecule has 7 heteroatoms. The normalized spacial score (nSPS) is 20.6. The van der Waals surface area contributed by atoms with Crippen molar-refractivity contribution in [3.8, 4) is 0 Å². The Morgan fingerprint density at radius 1 is 1.20 bits per heavy atom. The number of aromatic nitrogens is 1. The predicted molar refractivity (Wildman–Crippen MR) is 111 cm³/mol. The second-order valence-electron chi connectivity index (χ2n) is 8.62. The molecule has 1 aromatic heterocycles. The van der Waals surface area contributed by atoms with Gasteiger partial charge < -0.3 is 14.0 Å². The highest BCUT2D eigenvalue weighted by atomic mass is 16.6. The van der Waals surface area contributed by atoms with Gasteiger partial charge in [-0.15, -0.1) is 0 Å². The molecule has 0 fully saturated rings. The first kappa shape index (κ1) is 20.2. The molecule has 3 heterocycles. The van der Waals surface area contributed by atoms with Crippen molar-refractivity contribution in [3.63, 3.8) is 0 Å². The first-order valence-electron chi connectivity index (χ1n) is 10.2. The summed E-state index contributed by atoms with van der Waals surface area (Å²) in [4.78, 5) is 41.0. The highest BCUT2D eigenvalue weighted by molar-refractivity contribution is 6.18. The Bertz CT molecular complexity index is 1090. The van der Waals surface area contributed by atoms with Crippen LogP contribution in [0.5, 0.6) is 0 Å². The van der Waals surface area contributed by atoms with Crippen LogP contribution in [0.15, 0.2) is 35.9 Å². The van der Waals surface area contributed by atoms with Crippen molar-refractivity contribution in [2.24, 2.45) is 7.05 Å². The molecule has 7 nitrogen and oxygen atoms in total. The van der Waals surface area contributed by atoms with Crippen LogP contribution in [0.1, 0.15) is 56.2 Å². The maximum atomic E-state index is 13.7. The minimum absolute atomic E-state index is 0.187. The Hall–Kier alpha value is -3.09. The fraction of sp³-hybridized carbons (Fsp3) is 0.435. The third-order valence-electron chi connectivity index (χ3n) is 5.55. The molecule has 2 aliphatic heterocycles. The molecule has 0 unspecified atom stereocenters. The number of aryl methyl sites for hydroxylation is 1. The monoisotopic (exact) mass is 410 g/mol. The molecule has 4 rings (SSSR count). The van der Waals surface area contributed by atoms with Crippen LogP contribution in [0.25, 0.3) is 10.9 Å². The van der Waals surface area contributed by atoms with E-state index in [0.717, 1.165) is 16.6 Å². The number of esters is 1. The minimum atomic E-state index is -1.06. The van der Waals surface area contributed by atoms with Crippen molar-refractivity contribution in [1.82, 2.24) is 9.47 Å². The molecule has 2 atom stereocenters. The minimum Gasteiger partial charge on any atom is -0.463 e. The zero-order valence-electron chi connectivity index (χ0n) is 17.9. The van der Waals surface area contributed by atoms with Crippen molar-refractivity contribution in [1.29, 1.82) is 0 Å². The molecule has 2 aromatic rings. The average molecular weight is 410 g/mol. The molecular weight excluding hydrogens is 384 g/mol. The summed E-state index contributed by atoms with van der Waals surface area (Å²) in [5.74, 6) is -0.866. The number of ether oxygens (including phenoxy) is 2. The summed E-state index contributed by atoms with van der Waals surface area (Å²) in [6.07, 6.45) is 1.51. The number of ketones is 1. The quantitative estimate of drug-likeness (QED) is 0.702. The number of fused-ring (bicyclic) bond motifs is 6. The summed E-state index contributed by atoms with van der Waals surface area (Å²) in [7, 11) is 1.90. The molecule has 1 aromatic carbocycles. The van der Waals surface area contributed by atoms with Crippen molar-refractivity contribution in [3.05, 3.63) is 47.2 Å². The molecule has 0 spiro atoms. The Morgan fingerprint density at radius 2 is 1.90 bits per heavy atom. The predicted octanol–water partition coefficient (Wildman–Crippen LogP) is 3.91. The van der Waals surface area contributed by atoms with Gasteiger partial charge in [-0.05, 0) is 40.2 Å². The van der Waals surface area contributed by atoms with Crippen molar-refractivity contribution in [2.45, 2.75) is 51.8 Å². The van der Waals surface area contributed by atoms with E-state index in [1.807, 2.05) is 35.9 Å². The maximum Gasteiger partial charge on any atom is 0.411 e.